The number of rotatable bonds is 1. The van der Waals surface area contributed by atoms with Gasteiger partial charge < -0.3 is 35.4 Å². The summed E-state index contributed by atoms with van der Waals surface area (Å²) in [6.45, 7) is 0.231. The van der Waals surface area contributed by atoms with Gasteiger partial charge in [0.1, 0.15) is 5.75 Å². The molecule has 0 aliphatic carbocycles. The van der Waals surface area contributed by atoms with Crippen molar-refractivity contribution in [2.75, 3.05) is 12.5 Å². The van der Waals surface area contributed by atoms with Crippen molar-refractivity contribution in [1.29, 1.82) is 0 Å². The summed E-state index contributed by atoms with van der Waals surface area (Å²) >= 11 is 0. The fourth-order valence-electron chi connectivity index (χ4n) is 1.92. The monoisotopic (exact) mass is 327 g/mol. The molecular formula is C13H15BClNO6. The summed E-state index contributed by atoms with van der Waals surface area (Å²) in [6, 6.07) is 10.5. The lowest BCUT2D eigenvalue weighted by Crippen LogP contribution is -2.07. The largest absolute Gasteiger partial charge is 0.631 e. The van der Waals surface area contributed by atoms with Gasteiger partial charge >= 0.3 is 7.32 Å². The van der Waals surface area contributed by atoms with Crippen LogP contribution in [-0.2, 0) is 0 Å². The molecule has 9 heteroatoms. The molecule has 0 aromatic heterocycles. The van der Waals surface area contributed by atoms with E-state index in [1.807, 2.05) is 18.2 Å². The first-order valence-corrected chi connectivity index (χ1v) is 6.00. The first kappa shape index (κ1) is 17.9. The first-order chi connectivity index (χ1) is 9.99. The Balaban J connectivity index is 0.000000436. The Bertz CT molecular complexity index is 617. The second kappa shape index (κ2) is 7.76. The molecule has 0 amide bonds. The van der Waals surface area contributed by atoms with E-state index in [9.17, 15) is 5.11 Å². The Labute approximate surface area is 133 Å². The molecule has 7 nitrogen and oxygen atoms in total. The van der Waals surface area contributed by atoms with E-state index in [0.717, 1.165) is 5.56 Å². The van der Waals surface area contributed by atoms with Gasteiger partial charge in [-0.1, -0.05) is 12.1 Å². The van der Waals surface area contributed by atoms with Crippen molar-refractivity contribution < 1.29 is 29.7 Å². The summed E-state index contributed by atoms with van der Waals surface area (Å²) in [5, 5.41) is 31.3. The molecule has 0 atom stereocenters. The maximum absolute atomic E-state index is 9.84. The Morgan fingerprint density at radius 3 is 2.27 bits per heavy atom. The van der Waals surface area contributed by atoms with Crippen molar-refractivity contribution in [3.63, 3.8) is 0 Å². The zero-order valence-electron chi connectivity index (χ0n) is 11.3. The van der Waals surface area contributed by atoms with E-state index in [0.29, 0.717) is 22.7 Å². The number of hydrogen-bond acceptors (Lipinski definition) is 7. The van der Waals surface area contributed by atoms with Gasteiger partial charge in [0.05, 0.1) is 0 Å². The fraction of sp³-hybridized carbons (Fsp3) is 0.0769. The minimum Gasteiger partial charge on any atom is -0.507 e. The number of ether oxygens (including phenoxy) is 2. The van der Waals surface area contributed by atoms with Crippen LogP contribution in [0.4, 0.5) is 5.69 Å². The highest BCUT2D eigenvalue weighted by atomic mass is 35.5. The van der Waals surface area contributed by atoms with Gasteiger partial charge in [0.2, 0.25) is 6.79 Å². The number of halogens is 1. The van der Waals surface area contributed by atoms with Crippen LogP contribution in [-0.4, -0.2) is 34.3 Å². The standard InChI is InChI=1S/C13H11NO3.BH3O3.ClH/c14-9-2-1-3-10(15)13(9)8-4-5-11-12(6-8)17-7-16-11;2-1(3)4;/h1-6,15H,7,14H2;2-4H;1H. The third kappa shape index (κ3) is 4.19. The highest BCUT2D eigenvalue weighted by Gasteiger charge is 2.16. The third-order valence-electron chi connectivity index (χ3n) is 2.74. The summed E-state index contributed by atoms with van der Waals surface area (Å²) in [5.41, 5.74) is 7.82. The van der Waals surface area contributed by atoms with Crippen molar-refractivity contribution in [1.82, 2.24) is 0 Å². The fourth-order valence-corrected chi connectivity index (χ4v) is 1.92. The lowest BCUT2D eigenvalue weighted by Gasteiger charge is -2.08. The average Bonchev–Trinajstić information content (AvgIpc) is 2.85. The maximum Gasteiger partial charge on any atom is 0.631 e. The van der Waals surface area contributed by atoms with E-state index in [4.69, 9.17) is 30.3 Å². The smallest absolute Gasteiger partial charge is 0.507 e. The second-order valence-electron chi connectivity index (χ2n) is 4.16. The molecule has 1 aliphatic rings. The minimum atomic E-state index is -2.17. The topological polar surface area (TPSA) is 125 Å². The Morgan fingerprint density at radius 2 is 1.64 bits per heavy atom. The van der Waals surface area contributed by atoms with Gasteiger partial charge in [0.15, 0.2) is 11.5 Å². The Kier molecular flexibility index (Phi) is 6.32. The Morgan fingerprint density at radius 1 is 1.00 bits per heavy atom. The number of nitrogen functional groups attached to an aromatic ring is 1. The molecule has 0 spiro atoms. The zero-order valence-corrected chi connectivity index (χ0v) is 12.2. The van der Waals surface area contributed by atoms with Gasteiger partial charge in [-0.2, -0.15) is 0 Å². The molecule has 22 heavy (non-hydrogen) atoms. The van der Waals surface area contributed by atoms with Gasteiger partial charge in [-0.3, -0.25) is 0 Å². The van der Waals surface area contributed by atoms with E-state index in [1.54, 1.807) is 18.2 Å². The summed E-state index contributed by atoms with van der Waals surface area (Å²) in [7, 11) is -2.17. The molecule has 0 saturated carbocycles. The van der Waals surface area contributed by atoms with Crippen LogP contribution in [0.5, 0.6) is 17.2 Å². The Hall–Kier alpha value is -2.13. The molecule has 1 heterocycles. The van der Waals surface area contributed by atoms with Gasteiger partial charge in [-0.05, 0) is 29.8 Å². The molecule has 0 unspecified atom stereocenters. The molecule has 0 fully saturated rings. The molecule has 0 radical (unpaired) electrons. The van der Waals surface area contributed by atoms with E-state index in [2.05, 4.69) is 0 Å². The molecule has 1 aliphatic heterocycles. The maximum atomic E-state index is 9.84. The van der Waals surface area contributed by atoms with Gasteiger partial charge in [-0.25, -0.2) is 0 Å². The quantitative estimate of drug-likeness (QED) is 0.386. The van der Waals surface area contributed by atoms with E-state index in [-0.39, 0.29) is 24.9 Å². The number of phenols is 1. The number of hydrogen-bond donors (Lipinski definition) is 5. The van der Waals surface area contributed by atoms with Crippen LogP contribution in [0.15, 0.2) is 36.4 Å². The molecular weight excluding hydrogens is 312 g/mol. The minimum absolute atomic E-state index is 0. The van der Waals surface area contributed by atoms with E-state index >= 15 is 0 Å². The number of anilines is 1. The highest BCUT2D eigenvalue weighted by molar-refractivity contribution is 6.30. The summed E-state index contributed by atoms with van der Waals surface area (Å²) in [6.07, 6.45) is 0. The third-order valence-corrected chi connectivity index (χ3v) is 2.74. The van der Waals surface area contributed by atoms with E-state index < -0.39 is 7.32 Å². The normalized spacial score (nSPS) is 11.0. The lowest BCUT2D eigenvalue weighted by molar-refractivity contribution is 0.174. The molecule has 2 aromatic rings. The predicted molar refractivity (Wildman–Crippen MR) is 83.7 cm³/mol. The van der Waals surface area contributed by atoms with Crippen LogP contribution < -0.4 is 15.2 Å². The lowest BCUT2D eigenvalue weighted by atomic mass is 10.0. The van der Waals surface area contributed by atoms with Crippen LogP contribution in [0.25, 0.3) is 11.1 Å². The van der Waals surface area contributed by atoms with E-state index in [1.165, 1.54) is 0 Å². The van der Waals surface area contributed by atoms with Crippen molar-refractivity contribution in [3.8, 4) is 28.4 Å². The van der Waals surface area contributed by atoms with Gasteiger partial charge in [0.25, 0.3) is 0 Å². The van der Waals surface area contributed by atoms with Crippen molar-refractivity contribution in [2.45, 2.75) is 0 Å². The zero-order chi connectivity index (χ0) is 15.4. The SMILES string of the molecule is Cl.Nc1cccc(O)c1-c1ccc2c(c1)OCO2.OB(O)O. The predicted octanol–water partition coefficient (Wildman–Crippen LogP) is 0.740. The van der Waals surface area contributed by atoms with Crippen molar-refractivity contribution in [3.05, 3.63) is 36.4 Å². The number of fused-ring (bicyclic) bond motifs is 1. The molecule has 0 bridgehead atoms. The van der Waals surface area contributed by atoms with Gasteiger partial charge in [0, 0.05) is 11.3 Å². The summed E-state index contributed by atoms with van der Waals surface area (Å²) in [5.74, 6) is 1.54. The molecule has 2 aromatic carbocycles. The molecule has 0 saturated heterocycles. The van der Waals surface area contributed by atoms with Crippen LogP contribution in [0.2, 0.25) is 0 Å². The summed E-state index contributed by atoms with van der Waals surface area (Å²) in [4.78, 5) is 0. The molecule has 118 valence electrons. The van der Waals surface area contributed by atoms with Crippen molar-refractivity contribution >= 4 is 25.4 Å². The highest BCUT2D eigenvalue weighted by Crippen LogP contribution is 2.40. The number of nitrogens with two attached hydrogens (primary N) is 1. The van der Waals surface area contributed by atoms with Crippen LogP contribution in [0.1, 0.15) is 0 Å². The van der Waals surface area contributed by atoms with Crippen LogP contribution in [0.3, 0.4) is 0 Å². The first-order valence-electron chi connectivity index (χ1n) is 6.00. The second-order valence-corrected chi connectivity index (χ2v) is 4.16. The molecule has 6 N–H and O–H groups in total. The van der Waals surface area contributed by atoms with Crippen LogP contribution in [0, 0.1) is 0 Å². The van der Waals surface area contributed by atoms with Gasteiger partial charge in [-0.15, -0.1) is 12.4 Å². The number of phenolic OH excluding ortho intramolecular Hbond substituents is 1. The molecule has 3 rings (SSSR count). The van der Waals surface area contributed by atoms with Crippen LogP contribution >= 0.6 is 12.4 Å². The summed E-state index contributed by atoms with van der Waals surface area (Å²) < 4.78 is 10.5. The number of aromatic hydroxyl groups is 1. The average molecular weight is 328 g/mol. The van der Waals surface area contributed by atoms with Crippen molar-refractivity contribution in [2.24, 2.45) is 0 Å². The number of benzene rings is 2.